The maximum absolute atomic E-state index is 6.41. The summed E-state index contributed by atoms with van der Waals surface area (Å²) in [6.07, 6.45) is 0. The SMILES string of the molecule is Cc1ccc(NCc2cc(Cl)c(OCc3ccc(Br)cc3)c(Cl)c2)cc1C. The van der Waals surface area contributed by atoms with Crippen molar-refractivity contribution in [1.29, 1.82) is 0 Å². The molecule has 0 aliphatic heterocycles. The van der Waals surface area contributed by atoms with Crippen molar-refractivity contribution in [3.8, 4) is 5.75 Å². The summed E-state index contributed by atoms with van der Waals surface area (Å²) in [5, 5.41) is 4.42. The van der Waals surface area contributed by atoms with Crippen LogP contribution in [0.4, 0.5) is 5.69 Å². The van der Waals surface area contributed by atoms with Crippen LogP contribution in [0.2, 0.25) is 10.0 Å². The van der Waals surface area contributed by atoms with E-state index in [0.29, 0.717) is 28.9 Å². The molecule has 3 aromatic carbocycles. The highest BCUT2D eigenvalue weighted by Crippen LogP contribution is 2.35. The second-order valence-corrected chi connectivity index (χ2v) is 8.19. The first-order valence-corrected chi connectivity index (χ1v) is 10.1. The molecule has 2 nitrogen and oxygen atoms in total. The highest BCUT2D eigenvalue weighted by molar-refractivity contribution is 9.10. The minimum atomic E-state index is 0.410. The average molecular weight is 465 g/mol. The molecular formula is C22H20BrCl2NO. The molecule has 0 fully saturated rings. The predicted octanol–water partition coefficient (Wildman–Crippen LogP) is 7.56. The molecule has 0 atom stereocenters. The van der Waals surface area contributed by atoms with E-state index in [4.69, 9.17) is 27.9 Å². The summed E-state index contributed by atoms with van der Waals surface area (Å²) in [5.74, 6) is 0.510. The van der Waals surface area contributed by atoms with Gasteiger partial charge in [0.2, 0.25) is 0 Å². The molecule has 0 saturated heterocycles. The van der Waals surface area contributed by atoms with Gasteiger partial charge in [-0.2, -0.15) is 0 Å². The highest BCUT2D eigenvalue weighted by Gasteiger charge is 2.10. The van der Waals surface area contributed by atoms with Gasteiger partial charge in [-0.1, -0.05) is 57.3 Å². The Balaban J connectivity index is 1.66. The van der Waals surface area contributed by atoms with Gasteiger partial charge in [-0.25, -0.2) is 0 Å². The number of hydrogen-bond acceptors (Lipinski definition) is 2. The zero-order valence-electron chi connectivity index (χ0n) is 15.2. The summed E-state index contributed by atoms with van der Waals surface area (Å²) in [6.45, 7) is 5.25. The molecule has 0 saturated carbocycles. The van der Waals surface area contributed by atoms with Crippen LogP contribution < -0.4 is 10.1 Å². The number of aryl methyl sites for hydroxylation is 2. The van der Waals surface area contributed by atoms with E-state index in [0.717, 1.165) is 21.3 Å². The molecule has 0 aromatic heterocycles. The zero-order chi connectivity index (χ0) is 19.4. The van der Waals surface area contributed by atoms with Crippen LogP contribution in [0, 0.1) is 13.8 Å². The van der Waals surface area contributed by atoms with Crippen molar-refractivity contribution in [3.05, 3.63) is 91.4 Å². The van der Waals surface area contributed by atoms with Crippen LogP contribution in [-0.2, 0) is 13.2 Å². The van der Waals surface area contributed by atoms with Gasteiger partial charge >= 0.3 is 0 Å². The Bertz CT molecular complexity index is 919. The fourth-order valence-corrected chi connectivity index (χ4v) is 3.55. The summed E-state index contributed by atoms with van der Waals surface area (Å²) < 4.78 is 6.87. The second kappa shape index (κ2) is 9.01. The molecule has 0 spiro atoms. The molecule has 0 aliphatic carbocycles. The van der Waals surface area contributed by atoms with Gasteiger partial charge in [0.05, 0.1) is 10.0 Å². The summed E-state index contributed by atoms with van der Waals surface area (Å²) >= 11 is 16.2. The molecule has 27 heavy (non-hydrogen) atoms. The van der Waals surface area contributed by atoms with Gasteiger partial charge in [0.1, 0.15) is 6.61 Å². The monoisotopic (exact) mass is 463 g/mol. The summed E-state index contributed by atoms with van der Waals surface area (Å²) in [4.78, 5) is 0. The van der Waals surface area contributed by atoms with E-state index in [2.05, 4.69) is 53.3 Å². The molecule has 0 heterocycles. The average Bonchev–Trinajstić information content (AvgIpc) is 2.63. The molecule has 3 rings (SSSR count). The summed E-state index contributed by atoms with van der Waals surface area (Å²) in [6, 6.07) is 18.0. The van der Waals surface area contributed by atoms with Crippen molar-refractivity contribution in [3.63, 3.8) is 0 Å². The molecule has 0 bridgehead atoms. The lowest BCUT2D eigenvalue weighted by molar-refractivity contribution is 0.306. The van der Waals surface area contributed by atoms with Crippen molar-refractivity contribution in [2.45, 2.75) is 27.0 Å². The maximum atomic E-state index is 6.41. The number of rotatable bonds is 6. The molecule has 0 aliphatic rings. The lowest BCUT2D eigenvalue weighted by Gasteiger charge is -2.13. The number of hydrogen-bond donors (Lipinski definition) is 1. The Kier molecular flexibility index (Phi) is 6.69. The van der Waals surface area contributed by atoms with E-state index in [1.807, 2.05) is 36.4 Å². The number of anilines is 1. The first-order chi connectivity index (χ1) is 12.9. The van der Waals surface area contributed by atoms with Crippen LogP contribution in [-0.4, -0.2) is 0 Å². The maximum Gasteiger partial charge on any atom is 0.156 e. The number of halogens is 3. The van der Waals surface area contributed by atoms with Crippen LogP contribution in [0.25, 0.3) is 0 Å². The first kappa shape index (κ1) is 20.1. The van der Waals surface area contributed by atoms with Crippen LogP contribution >= 0.6 is 39.1 Å². The molecule has 0 unspecified atom stereocenters. The Morgan fingerprint density at radius 3 is 2.15 bits per heavy atom. The Morgan fingerprint density at radius 2 is 1.52 bits per heavy atom. The quantitative estimate of drug-likeness (QED) is 0.406. The van der Waals surface area contributed by atoms with Gasteiger partial charge < -0.3 is 10.1 Å². The number of benzene rings is 3. The van der Waals surface area contributed by atoms with Gasteiger partial charge in [-0.05, 0) is 72.5 Å². The first-order valence-electron chi connectivity index (χ1n) is 8.58. The van der Waals surface area contributed by atoms with Crippen molar-refractivity contribution < 1.29 is 4.74 Å². The fraction of sp³-hybridized carbons (Fsp3) is 0.182. The van der Waals surface area contributed by atoms with E-state index < -0.39 is 0 Å². The van der Waals surface area contributed by atoms with Crippen molar-refractivity contribution in [1.82, 2.24) is 0 Å². The van der Waals surface area contributed by atoms with E-state index in [1.165, 1.54) is 11.1 Å². The van der Waals surface area contributed by atoms with Gasteiger partial charge in [0, 0.05) is 16.7 Å². The van der Waals surface area contributed by atoms with Crippen molar-refractivity contribution in [2.75, 3.05) is 5.32 Å². The Morgan fingerprint density at radius 1 is 0.852 bits per heavy atom. The van der Waals surface area contributed by atoms with Crippen molar-refractivity contribution in [2.24, 2.45) is 0 Å². The number of ether oxygens (including phenoxy) is 1. The molecule has 1 N–H and O–H groups in total. The van der Waals surface area contributed by atoms with Crippen LogP contribution in [0.15, 0.2) is 59.1 Å². The lowest BCUT2D eigenvalue weighted by Crippen LogP contribution is -2.02. The van der Waals surface area contributed by atoms with Crippen LogP contribution in [0.5, 0.6) is 5.75 Å². The lowest BCUT2D eigenvalue weighted by atomic mass is 10.1. The van der Waals surface area contributed by atoms with Gasteiger partial charge in [0.15, 0.2) is 5.75 Å². The third-order valence-electron chi connectivity index (χ3n) is 4.36. The zero-order valence-corrected chi connectivity index (χ0v) is 18.3. The topological polar surface area (TPSA) is 21.3 Å². The van der Waals surface area contributed by atoms with E-state index in [-0.39, 0.29) is 0 Å². The highest BCUT2D eigenvalue weighted by atomic mass is 79.9. The minimum Gasteiger partial charge on any atom is -0.486 e. The minimum absolute atomic E-state index is 0.410. The van der Waals surface area contributed by atoms with Crippen LogP contribution in [0.1, 0.15) is 22.3 Å². The summed E-state index contributed by atoms with van der Waals surface area (Å²) in [5.41, 5.74) is 5.65. The predicted molar refractivity (Wildman–Crippen MR) is 118 cm³/mol. The normalized spacial score (nSPS) is 10.7. The molecule has 0 amide bonds. The Hall–Kier alpha value is -1.68. The van der Waals surface area contributed by atoms with E-state index in [1.54, 1.807) is 0 Å². The molecule has 0 radical (unpaired) electrons. The van der Waals surface area contributed by atoms with Crippen molar-refractivity contribution >= 4 is 44.8 Å². The van der Waals surface area contributed by atoms with E-state index >= 15 is 0 Å². The number of nitrogens with one attached hydrogen (secondary N) is 1. The second-order valence-electron chi connectivity index (χ2n) is 6.46. The molecular weight excluding hydrogens is 445 g/mol. The third kappa shape index (κ3) is 5.41. The van der Waals surface area contributed by atoms with Gasteiger partial charge in [0.25, 0.3) is 0 Å². The van der Waals surface area contributed by atoms with Crippen LogP contribution in [0.3, 0.4) is 0 Å². The largest absolute Gasteiger partial charge is 0.486 e. The van der Waals surface area contributed by atoms with E-state index in [9.17, 15) is 0 Å². The van der Waals surface area contributed by atoms with Gasteiger partial charge in [-0.3, -0.25) is 0 Å². The smallest absolute Gasteiger partial charge is 0.156 e. The van der Waals surface area contributed by atoms with Gasteiger partial charge in [-0.15, -0.1) is 0 Å². The fourth-order valence-electron chi connectivity index (χ4n) is 2.64. The molecule has 5 heteroatoms. The Labute approximate surface area is 178 Å². The standard InChI is InChI=1S/C22H20BrCl2NO/c1-14-3-8-19(9-15(14)2)26-12-17-10-20(24)22(21(25)11-17)27-13-16-4-6-18(23)7-5-16/h3-11,26H,12-13H2,1-2H3. The summed E-state index contributed by atoms with van der Waals surface area (Å²) in [7, 11) is 0. The third-order valence-corrected chi connectivity index (χ3v) is 5.45. The molecule has 140 valence electrons. The molecule has 3 aromatic rings.